The number of nitrogen functional groups attached to an aromatic ring is 1. The lowest BCUT2D eigenvalue weighted by atomic mass is 10.1. The summed E-state index contributed by atoms with van der Waals surface area (Å²) in [5.74, 6) is 0.949. The first-order valence-electron chi connectivity index (χ1n) is 5.90. The van der Waals surface area contributed by atoms with Crippen molar-refractivity contribution >= 4 is 11.5 Å². The number of non-ortho nitro benzene ring substituents is 1. The normalized spacial score (nSPS) is 10.4. The van der Waals surface area contributed by atoms with E-state index in [2.05, 4.69) is 9.97 Å². The van der Waals surface area contributed by atoms with Crippen LogP contribution in [0.1, 0.15) is 18.2 Å². The van der Waals surface area contributed by atoms with Gasteiger partial charge in [0.1, 0.15) is 5.82 Å². The summed E-state index contributed by atoms with van der Waals surface area (Å²) in [5.41, 5.74) is 8.41. The standard InChI is InChI=1S/C13H14N4O2/c1-3-11-8(2)15-13(16-12(11)14)9-4-6-10(7-5-9)17(18)19/h4-7H,3H2,1-2H3,(H2,14,15,16). The summed E-state index contributed by atoms with van der Waals surface area (Å²) in [7, 11) is 0. The highest BCUT2D eigenvalue weighted by Crippen LogP contribution is 2.22. The summed E-state index contributed by atoms with van der Waals surface area (Å²) >= 11 is 0. The summed E-state index contributed by atoms with van der Waals surface area (Å²) in [6.07, 6.45) is 0.776. The zero-order valence-electron chi connectivity index (χ0n) is 10.8. The van der Waals surface area contributed by atoms with Crippen LogP contribution < -0.4 is 5.73 Å². The van der Waals surface area contributed by atoms with Crippen LogP contribution in [0.15, 0.2) is 24.3 Å². The molecule has 98 valence electrons. The number of hydrogen-bond acceptors (Lipinski definition) is 5. The molecule has 0 amide bonds. The minimum absolute atomic E-state index is 0.0404. The number of nitro groups is 1. The van der Waals surface area contributed by atoms with Crippen LogP contribution in [0.5, 0.6) is 0 Å². The fraction of sp³-hybridized carbons (Fsp3) is 0.231. The van der Waals surface area contributed by atoms with E-state index in [1.807, 2.05) is 13.8 Å². The maximum atomic E-state index is 10.6. The monoisotopic (exact) mass is 258 g/mol. The second-order valence-electron chi connectivity index (χ2n) is 4.15. The van der Waals surface area contributed by atoms with Crippen molar-refractivity contribution in [3.63, 3.8) is 0 Å². The van der Waals surface area contributed by atoms with Gasteiger partial charge >= 0.3 is 0 Å². The quantitative estimate of drug-likeness (QED) is 0.674. The van der Waals surface area contributed by atoms with Crippen molar-refractivity contribution in [2.45, 2.75) is 20.3 Å². The molecule has 0 aliphatic rings. The van der Waals surface area contributed by atoms with Crippen molar-refractivity contribution < 1.29 is 4.92 Å². The summed E-state index contributed by atoms with van der Waals surface area (Å²) in [5, 5.41) is 10.6. The number of nitrogens with two attached hydrogens (primary N) is 1. The van der Waals surface area contributed by atoms with Crippen LogP contribution in [-0.2, 0) is 6.42 Å². The van der Waals surface area contributed by atoms with E-state index in [0.717, 1.165) is 17.7 Å². The molecule has 0 unspecified atom stereocenters. The van der Waals surface area contributed by atoms with Crippen molar-refractivity contribution in [1.82, 2.24) is 9.97 Å². The van der Waals surface area contributed by atoms with Crippen molar-refractivity contribution in [3.05, 3.63) is 45.6 Å². The molecule has 6 heteroatoms. The molecule has 1 aromatic heterocycles. The summed E-state index contributed by atoms with van der Waals surface area (Å²) < 4.78 is 0. The molecular formula is C13H14N4O2. The molecule has 1 heterocycles. The van der Waals surface area contributed by atoms with Crippen molar-refractivity contribution in [3.8, 4) is 11.4 Å². The van der Waals surface area contributed by atoms with Gasteiger partial charge in [-0.15, -0.1) is 0 Å². The minimum Gasteiger partial charge on any atom is -0.383 e. The van der Waals surface area contributed by atoms with Crippen LogP contribution in [0.25, 0.3) is 11.4 Å². The number of hydrogen-bond donors (Lipinski definition) is 1. The van der Waals surface area contributed by atoms with E-state index in [-0.39, 0.29) is 5.69 Å². The second kappa shape index (κ2) is 5.01. The van der Waals surface area contributed by atoms with E-state index in [1.54, 1.807) is 12.1 Å². The van der Waals surface area contributed by atoms with E-state index in [4.69, 9.17) is 5.73 Å². The third-order valence-corrected chi connectivity index (χ3v) is 2.94. The average molecular weight is 258 g/mol. The Labute approximate surface area is 110 Å². The van der Waals surface area contributed by atoms with Gasteiger partial charge in [0.2, 0.25) is 0 Å². The first-order chi connectivity index (χ1) is 9.02. The van der Waals surface area contributed by atoms with Gasteiger partial charge in [-0.25, -0.2) is 9.97 Å². The minimum atomic E-state index is -0.440. The largest absolute Gasteiger partial charge is 0.383 e. The molecule has 2 rings (SSSR count). The van der Waals surface area contributed by atoms with Gasteiger partial charge in [0.15, 0.2) is 5.82 Å². The van der Waals surface area contributed by atoms with Gasteiger partial charge in [-0.3, -0.25) is 10.1 Å². The van der Waals surface area contributed by atoms with Gasteiger partial charge in [0.05, 0.1) is 4.92 Å². The molecule has 0 fully saturated rings. The van der Waals surface area contributed by atoms with Crippen LogP contribution in [0.2, 0.25) is 0 Å². The zero-order valence-corrected chi connectivity index (χ0v) is 10.8. The fourth-order valence-corrected chi connectivity index (χ4v) is 1.92. The molecule has 0 atom stereocenters. The fourth-order valence-electron chi connectivity index (χ4n) is 1.92. The van der Waals surface area contributed by atoms with Gasteiger partial charge in [0.25, 0.3) is 5.69 Å². The number of aryl methyl sites for hydroxylation is 1. The number of nitro benzene ring substituents is 1. The Bertz CT molecular complexity index is 600. The van der Waals surface area contributed by atoms with Crippen LogP contribution >= 0.6 is 0 Å². The number of nitrogens with zero attached hydrogens (tertiary/aromatic N) is 3. The Morgan fingerprint density at radius 3 is 2.37 bits per heavy atom. The highest BCUT2D eigenvalue weighted by molar-refractivity contribution is 5.60. The summed E-state index contributed by atoms with van der Waals surface area (Å²) in [6, 6.07) is 6.10. The van der Waals surface area contributed by atoms with E-state index >= 15 is 0 Å². The summed E-state index contributed by atoms with van der Waals surface area (Å²) in [6.45, 7) is 3.87. The molecule has 1 aromatic carbocycles. The second-order valence-corrected chi connectivity index (χ2v) is 4.15. The number of rotatable bonds is 3. The Morgan fingerprint density at radius 2 is 1.89 bits per heavy atom. The molecule has 6 nitrogen and oxygen atoms in total. The Hall–Kier alpha value is -2.50. The zero-order chi connectivity index (χ0) is 14.0. The highest BCUT2D eigenvalue weighted by atomic mass is 16.6. The lowest BCUT2D eigenvalue weighted by Gasteiger charge is -2.08. The van der Waals surface area contributed by atoms with Crippen LogP contribution in [0.3, 0.4) is 0 Å². The maximum Gasteiger partial charge on any atom is 0.269 e. The Balaban J connectivity index is 2.44. The molecule has 0 radical (unpaired) electrons. The molecular weight excluding hydrogens is 244 g/mol. The van der Waals surface area contributed by atoms with Crippen LogP contribution in [0.4, 0.5) is 11.5 Å². The molecule has 2 N–H and O–H groups in total. The molecule has 0 bridgehead atoms. The predicted molar refractivity (Wildman–Crippen MR) is 72.6 cm³/mol. The average Bonchev–Trinajstić information content (AvgIpc) is 2.38. The predicted octanol–water partition coefficient (Wildman–Crippen LogP) is 2.50. The topological polar surface area (TPSA) is 94.9 Å². The van der Waals surface area contributed by atoms with Crippen molar-refractivity contribution in [2.75, 3.05) is 5.73 Å². The SMILES string of the molecule is CCc1c(C)nc(-c2ccc([N+](=O)[O-])cc2)nc1N. The molecule has 0 saturated carbocycles. The third kappa shape index (κ3) is 2.52. The molecule has 0 aliphatic carbocycles. The Kier molecular flexibility index (Phi) is 3.41. The van der Waals surface area contributed by atoms with Gasteiger partial charge in [-0.2, -0.15) is 0 Å². The van der Waals surface area contributed by atoms with Crippen LogP contribution in [-0.4, -0.2) is 14.9 Å². The van der Waals surface area contributed by atoms with E-state index in [9.17, 15) is 10.1 Å². The van der Waals surface area contributed by atoms with E-state index < -0.39 is 4.92 Å². The van der Waals surface area contributed by atoms with Gasteiger partial charge in [-0.1, -0.05) is 6.92 Å². The van der Waals surface area contributed by atoms with E-state index in [0.29, 0.717) is 17.2 Å². The van der Waals surface area contributed by atoms with Gasteiger partial charge < -0.3 is 5.73 Å². The lowest BCUT2D eigenvalue weighted by Crippen LogP contribution is -2.04. The first kappa shape index (κ1) is 12.9. The van der Waals surface area contributed by atoms with E-state index in [1.165, 1.54) is 12.1 Å². The molecule has 2 aromatic rings. The van der Waals surface area contributed by atoms with Crippen molar-refractivity contribution in [1.29, 1.82) is 0 Å². The van der Waals surface area contributed by atoms with Crippen molar-refractivity contribution in [2.24, 2.45) is 0 Å². The molecule has 19 heavy (non-hydrogen) atoms. The molecule has 0 saturated heterocycles. The lowest BCUT2D eigenvalue weighted by molar-refractivity contribution is -0.384. The third-order valence-electron chi connectivity index (χ3n) is 2.94. The Morgan fingerprint density at radius 1 is 1.26 bits per heavy atom. The highest BCUT2D eigenvalue weighted by Gasteiger charge is 2.11. The van der Waals surface area contributed by atoms with Gasteiger partial charge in [-0.05, 0) is 25.5 Å². The summed E-state index contributed by atoms with van der Waals surface area (Å²) in [4.78, 5) is 18.8. The number of benzene rings is 1. The number of aromatic nitrogens is 2. The first-order valence-corrected chi connectivity index (χ1v) is 5.90. The van der Waals surface area contributed by atoms with Gasteiger partial charge in [0, 0.05) is 29.0 Å². The van der Waals surface area contributed by atoms with Crippen LogP contribution in [0, 0.1) is 17.0 Å². The maximum absolute atomic E-state index is 10.6. The molecule has 0 spiro atoms. The smallest absolute Gasteiger partial charge is 0.269 e. The number of anilines is 1. The molecule has 0 aliphatic heterocycles.